The number of carbonyl (C=O) groups is 2. The number of nitrogens with zero attached hydrogens (tertiary/aromatic N) is 4. The molecule has 11 nitrogen and oxygen atoms in total. The van der Waals surface area contributed by atoms with Crippen molar-refractivity contribution in [2.75, 3.05) is 5.32 Å². The second kappa shape index (κ2) is 9.84. The van der Waals surface area contributed by atoms with E-state index in [0.29, 0.717) is 62.5 Å². The highest BCUT2D eigenvalue weighted by molar-refractivity contribution is 6.11. The number of hydrogen-bond acceptors (Lipinski definition) is 6. The molecular weight excluding hydrogens is 512 g/mol. The molecule has 0 spiro atoms. The van der Waals surface area contributed by atoms with Gasteiger partial charge in [-0.05, 0) is 69.2 Å². The molecule has 3 heterocycles. The highest BCUT2D eigenvalue weighted by Crippen LogP contribution is 2.25. The number of primary amides is 1. The number of hydrogen-bond donors (Lipinski definition) is 2. The minimum absolute atomic E-state index is 0.0747. The van der Waals surface area contributed by atoms with Crippen molar-refractivity contribution >= 4 is 28.4 Å². The Morgan fingerprint density at radius 2 is 1.73 bits per heavy atom. The van der Waals surface area contributed by atoms with E-state index in [1.54, 1.807) is 81.0 Å². The molecule has 0 saturated heterocycles. The summed E-state index contributed by atoms with van der Waals surface area (Å²) >= 11 is 0. The van der Waals surface area contributed by atoms with E-state index in [1.165, 1.54) is 9.42 Å². The molecule has 3 aromatic heterocycles. The van der Waals surface area contributed by atoms with Gasteiger partial charge in [-0.15, -0.1) is 0 Å². The van der Waals surface area contributed by atoms with Crippen LogP contribution in [0.1, 0.15) is 44.8 Å². The highest BCUT2D eigenvalue weighted by atomic mass is 16.5. The van der Waals surface area contributed by atoms with Crippen LogP contribution in [0.2, 0.25) is 0 Å². The summed E-state index contributed by atoms with van der Waals surface area (Å²) in [5.41, 5.74) is 8.76. The van der Waals surface area contributed by atoms with Crippen LogP contribution in [0.4, 0.5) is 5.69 Å². The van der Waals surface area contributed by atoms with Gasteiger partial charge < -0.3 is 15.6 Å². The lowest BCUT2D eigenvalue weighted by molar-refractivity contribution is 0.0995. The van der Waals surface area contributed by atoms with Gasteiger partial charge in [0.25, 0.3) is 17.0 Å². The van der Waals surface area contributed by atoms with Gasteiger partial charge in [-0.3, -0.25) is 23.9 Å². The summed E-state index contributed by atoms with van der Waals surface area (Å²) in [6.45, 7) is 7.35. The van der Waals surface area contributed by atoms with E-state index in [1.807, 2.05) is 6.92 Å². The topological polar surface area (TPSA) is 147 Å². The molecule has 5 aromatic rings. The van der Waals surface area contributed by atoms with Crippen molar-refractivity contribution in [2.45, 2.75) is 34.2 Å². The van der Waals surface area contributed by atoms with Crippen LogP contribution in [0.15, 0.2) is 62.6 Å². The number of benzene rings is 2. The van der Waals surface area contributed by atoms with Crippen molar-refractivity contribution in [3.63, 3.8) is 0 Å². The molecular formula is C29H28N6O5. The molecule has 0 bridgehead atoms. The van der Waals surface area contributed by atoms with Crippen LogP contribution >= 0.6 is 0 Å². The first-order chi connectivity index (χ1) is 19.0. The van der Waals surface area contributed by atoms with Gasteiger partial charge in [0.15, 0.2) is 5.69 Å². The smallest absolute Gasteiger partial charge is 0.290 e. The van der Waals surface area contributed by atoms with Crippen LogP contribution in [-0.2, 0) is 13.6 Å². The Kier molecular flexibility index (Phi) is 6.50. The average Bonchev–Trinajstić information content (AvgIpc) is 3.35. The lowest BCUT2D eigenvalue weighted by Crippen LogP contribution is -2.21. The molecule has 0 saturated carbocycles. The maximum absolute atomic E-state index is 13.7. The molecule has 3 N–H and O–H groups in total. The minimum atomic E-state index is -0.601. The average molecular weight is 541 g/mol. The summed E-state index contributed by atoms with van der Waals surface area (Å²) in [5, 5.41) is 3.16. The monoisotopic (exact) mass is 540 g/mol. The second-order valence-electron chi connectivity index (χ2n) is 9.51. The van der Waals surface area contributed by atoms with E-state index >= 15 is 0 Å². The molecule has 0 aliphatic heterocycles. The van der Waals surface area contributed by atoms with Gasteiger partial charge >= 0.3 is 0 Å². The number of carbonyl (C=O) groups excluding carboxylic acids is 2. The molecule has 0 aliphatic rings. The van der Waals surface area contributed by atoms with Crippen LogP contribution in [-0.4, -0.2) is 30.9 Å². The van der Waals surface area contributed by atoms with Gasteiger partial charge in [-0.2, -0.15) is 4.74 Å². The predicted octanol–water partition coefficient (Wildman–Crippen LogP) is 3.44. The number of rotatable bonds is 6. The number of nitrogens with two attached hydrogens (primary N) is 1. The van der Waals surface area contributed by atoms with E-state index in [2.05, 4.69) is 10.3 Å². The van der Waals surface area contributed by atoms with Gasteiger partial charge in [0, 0.05) is 30.5 Å². The number of aromatic nitrogens is 4. The summed E-state index contributed by atoms with van der Waals surface area (Å²) in [5.74, 6) is -0.635. The molecule has 204 valence electrons. The van der Waals surface area contributed by atoms with Crippen LogP contribution in [0.25, 0.3) is 27.7 Å². The quantitative estimate of drug-likeness (QED) is 0.337. The standard InChI is InChI=1S/C29H28N6O5/c1-6-34-25-21(14-15(2)31-24(25)27(37)32-22-9-7-8-20(16(22)3)26(30)36)28(38)35(34)19-12-10-18(11-13-19)23-17(4)40-33(5)29(23)39/h7-14H,6H2,1-5H3,(H2,30,36)(H,32,37). The van der Waals surface area contributed by atoms with Crippen LogP contribution in [0.3, 0.4) is 0 Å². The Morgan fingerprint density at radius 3 is 2.33 bits per heavy atom. The maximum Gasteiger partial charge on any atom is 0.290 e. The van der Waals surface area contributed by atoms with Crippen LogP contribution in [0.5, 0.6) is 0 Å². The summed E-state index contributed by atoms with van der Waals surface area (Å²) in [7, 11) is 1.55. The summed E-state index contributed by atoms with van der Waals surface area (Å²) in [4.78, 5) is 56.0. The zero-order valence-electron chi connectivity index (χ0n) is 22.7. The van der Waals surface area contributed by atoms with Gasteiger partial charge in [0.2, 0.25) is 5.91 Å². The number of nitrogens with one attached hydrogen (secondary N) is 1. The van der Waals surface area contributed by atoms with Gasteiger partial charge in [-0.1, -0.05) is 18.2 Å². The first kappa shape index (κ1) is 26.4. The number of amides is 2. The van der Waals surface area contributed by atoms with Crippen molar-refractivity contribution in [1.82, 2.24) is 19.1 Å². The van der Waals surface area contributed by atoms with Crippen molar-refractivity contribution in [3.05, 3.63) is 97.5 Å². The first-order valence-corrected chi connectivity index (χ1v) is 12.6. The molecule has 2 amide bonds. The maximum atomic E-state index is 13.7. The third kappa shape index (κ3) is 4.21. The van der Waals surface area contributed by atoms with E-state index in [9.17, 15) is 19.2 Å². The van der Waals surface area contributed by atoms with E-state index in [-0.39, 0.29) is 16.8 Å². The van der Waals surface area contributed by atoms with E-state index in [0.717, 1.165) is 0 Å². The highest BCUT2D eigenvalue weighted by Gasteiger charge is 2.24. The predicted molar refractivity (Wildman–Crippen MR) is 151 cm³/mol. The van der Waals surface area contributed by atoms with Crippen molar-refractivity contribution in [3.8, 4) is 16.8 Å². The summed E-state index contributed by atoms with van der Waals surface area (Å²) in [6.07, 6.45) is 0. The molecule has 0 aliphatic carbocycles. The second-order valence-corrected chi connectivity index (χ2v) is 9.51. The molecule has 40 heavy (non-hydrogen) atoms. The van der Waals surface area contributed by atoms with E-state index < -0.39 is 11.8 Å². The number of aryl methyl sites for hydroxylation is 4. The number of anilines is 1. The van der Waals surface area contributed by atoms with Gasteiger partial charge in [0.05, 0.1) is 16.6 Å². The Bertz CT molecular complexity index is 1940. The fourth-order valence-corrected chi connectivity index (χ4v) is 5.04. The SMILES string of the molecule is CCn1c2c(C(=O)Nc3cccc(C(N)=O)c3C)nc(C)cc2c(=O)n1-c1ccc(-c2c(C)on(C)c2=O)cc1. The lowest BCUT2D eigenvalue weighted by Gasteiger charge is -2.14. The molecule has 0 atom stereocenters. The van der Waals surface area contributed by atoms with Gasteiger partial charge in [0.1, 0.15) is 11.3 Å². The molecule has 5 rings (SSSR count). The number of fused-ring (bicyclic) bond motifs is 1. The van der Waals surface area contributed by atoms with E-state index in [4.69, 9.17) is 10.3 Å². The van der Waals surface area contributed by atoms with Crippen molar-refractivity contribution < 1.29 is 14.1 Å². The Balaban J connectivity index is 1.63. The molecule has 0 unspecified atom stereocenters. The summed E-state index contributed by atoms with van der Waals surface area (Å²) in [6, 6.07) is 13.5. The van der Waals surface area contributed by atoms with Crippen molar-refractivity contribution in [1.29, 1.82) is 0 Å². The molecule has 0 fully saturated rings. The lowest BCUT2D eigenvalue weighted by atomic mass is 10.1. The zero-order chi connectivity index (χ0) is 28.9. The zero-order valence-corrected chi connectivity index (χ0v) is 22.7. The third-order valence-electron chi connectivity index (χ3n) is 6.93. The minimum Gasteiger partial charge on any atom is -0.381 e. The molecule has 11 heteroatoms. The molecule has 2 aromatic carbocycles. The fraction of sp³-hybridized carbons (Fsp3) is 0.207. The Labute approximate surface area is 228 Å². The Hall–Kier alpha value is -5.19. The van der Waals surface area contributed by atoms with Crippen LogP contribution in [0, 0.1) is 20.8 Å². The van der Waals surface area contributed by atoms with Gasteiger partial charge in [-0.25, -0.2) is 9.67 Å². The molecule has 0 radical (unpaired) electrons. The fourth-order valence-electron chi connectivity index (χ4n) is 5.04. The van der Waals surface area contributed by atoms with Crippen LogP contribution < -0.4 is 22.2 Å². The summed E-state index contributed by atoms with van der Waals surface area (Å²) < 4.78 is 9.76. The number of pyridine rings is 1. The normalized spacial score (nSPS) is 11.2. The Morgan fingerprint density at radius 1 is 1.02 bits per heavy atom. The first-order valence-electron chi connectivity index (χ1n) is 12.6. The largest absolute Gasteiger partial charge is 0.381 e. The van der Waals surface area contributed by atoms with Crippen molar-refractivity contribution in [2.24, 2.45) is 12.8 Å². The third-order valence-corrected chi connectivity index (χ3v) is 6.93.